The van der Waals surface area contributed by atoms with Crippen LogP contribution < -0.4 is 10.6 Å². The molecule has 0 saturated heterocycles. The topological polar surface area (TPSA) is 96.3 Å². The van der Waals surface area contributed by atoms with Crippen molar-refractivity contribution in [1.82, 2.24) is 9.29 Å². The minimum atomic E-state index is -3.61. The second-order valence-electron chi connectivity index (χ2n) is 4.95. The van der Waals surface area contributed by atoms with E-state index in [0.29, 0.717) is 24.6 Å². The van der Waals surface area contributed by atoms with Crippen molar-refractivity contribution >= 4 is 21.4 Å². The SMILES string of the molecule is Cc1[nH]c(=O)sc1S(=O)(=O)N(C)CCC(N)C(C)C. The third-order valence-corrected chi connectivity index (χ3v) is 6.50. The molecule has 0 saturated carbocycles. The van der Waals surface area contributed by atoms with Crippen LogP contribution in [0.25, 0.3) is 0 Å². The lowest BCUT2D eigenvalue weighted by atomic mass is 10.0. The molecule has 1 atom stereocenters. The lowest BCUT2D eigenvalue weighted by molar-refractivity contribution is 0.398. The van der Waals surface area contributed by atoms with Crippen LogP contribution >= 0.6 is 11.3 Å². The summed E-state index contributed by atoms with van der Waals surface area (Å²) in [6.45, 7) is 5.92. The van der Waals surface area contributed by atoms with Gasteiger partial charge < -0.3 is 10.7 Å². The molecule has 0 amide bonds. The van der Waals surface area contributed by atoms with Crippen molar-refractivity contribution in [2.45, 2.75) is 37.4 Å². The van der Waals surface area contributed by atoms with E-state index in [1.165, 1.54) is 11.4 Å². The molecule has 1 unspecified atom stereocenters. The van der Waals surface area contributed by atoms with Gasteiger partial charge in [-0.1, -0.05) is 25.2 Å². The first-order valence-electron chi connectivity index (χ1n) is 6.08. The van der Waals surface area contributed by atoms with Crippen LogP contribution in [0.2, 0.25) is 0 Å². The third kappa shape index (κ3) is 3.88. The molecule has 0 fully saturated rings. The van der Waals surface area contributed by atoms with Crippen LogP contribution in [0.3, 0.4) is 0 Å². The van der Waals surface area contributed by atoms with Gasteiger partial charge in [0.15, 0.2) is 4.21 Å². The Morgan fingerprint density at radius 3 is 2.42 bits per heavy atom. The van der Waals surface area contributed by atoms with Crippen LogP contribution in [0, 0.1) is 12.8 Å². The highest BCUT2D eigenvalue weighted by Gasteiger charge is 2.26. The van der Waals surface area contributed by atoms with Crippen molar-refractivity contribution in [2.75, 3.05) is 13.6 Å². The first kappa shape index (κ1) is 16.4. The number of aromatic amines is 1. The second-order valence-corrected chi connectivity index (χ2v) is 8.17. The molecule has 1 aromatic heterocycles. The predicted molar refractivity (Wildman–Crippen MR) is 76.9 cm³/mol. The summed E-state index contributed by atoms with van der Waals surface area (Å²) in [5.41, 5.74) is 6.29. The van der Waals surface area contributed by atoms with E-state index in [9.17, 15) is 13.2 Å². The largest absolute Gasteiger partial charge is 0.327 e. The van der Waals surface area contributed by atoms with Gasteiger partial charge in [0, 0.05) is 25.3 Å². The van der Waals surface area contributed by atoms with Crippen molar-refractivity contribution in [3.8, 4) is 0 Å². The summed E-state index contributed by atoms with van der Waals surface area (Å²) in [5, 5.41) is 0. The fourth-order valence-electron chi connectivity index (χ4n) is 1.56. The van der Waals surface area contributed by atoms with Gasteiger partial charge in [0.25, 0.3) is 10.0 Å². The number of rotatable bonds is 6. The molecule has 0 radical (unpaired) electrons. The summed E-state index contributed by atoms with van der Waals surface area (Å²) in [5.74, 6) is 0.307. The Morgan fingerprint density at radius 2 is 2.00 bits per heavy atom. The molecule has 1 heterocycles. The van der Waals surface area contributed by atoms with Crippen LogP contribution in [0.1, 0.15) is 26.0 Å². The molecule has 1 aromatic rings. The Balaban J connectivity index is 2.84. The zero-order chi connectivity index (χ0) is 14.8. The van der Waals surface area contributed by atoms with Crippen LogP contribution in [-0.4, -0.2) is 37.3 Å². The van der Waals surface area contributed by atoms with Crippen molar-refractivity contribution in [3.63, 3.8) is 0 Å². The highest BCUT2D eigenvalue weighted by atomic mass is 32.2. The van der Waals surface area contributed by atoms with E-state index in [1.807, 2.05) is 13.8 Å². The maximum absolute atomic E-state index is 12.3. The molecule has 1 rings (SSSR count). The molecule has 0 aliphatic carbocycles. The van der Waals surface area contributed by atoms with Crippen molar-refractivity contribution < 1.29 is 8.42 Å². The Bertz CT molecular complexity index is 574. The average molecular weight is 307 g/mol. The lowest BCUT2D eigenvalue weighted by Crippen LogP contribution is -2.34. The molecule has 0 aliphatic rings. The smallest absolute Gasteiger partial charge is 0.305 e. The Morgan fingerprint density at radius 1 is 1.42 bits per heavy atom. The van der Waals surface area contributed by atoms with Gasteiger partial charge in [0.2, 0.25) is 0 Å². The quantitative estimate of drug-likeness (QED) is 0.810. The number of nitrogens with two attached hydrogens (primary N) is 1. The second kappa shape index (κ2) is 6.17. The zero-order valence-electron chi connectivity index (χ0n) is 11.6. The monoisotopic (exact) mass is 307 g/mol. The number of H-pyrrole nitrogens is 1. The van der Waals surface area contributed by atoms with Crippen LogP contribution in [0.4, 0.5) is 0 Å². The van der Waals surface area contributed by atoms with Gasteiger partial charge in [0.05, 0.1) is 0 Å². The van der Waals surface area contributed by atoms with E-state index in [0.717, 1.165) is 11.3 Å². The summed E-state index contributed by atoms with van der Waals surface area (Å²) in [4.78, 5) is 13.3. The van der Waals surface area contributed by atoms with Crippen LogP contribution in [0.15, 0.2) is 9.00 Å². The van der Waals surface area contributed by atoms with E-state index in [-0.39, 0.29) is 15.1 Å². The van der Waals surface area contributed by atoms with Gasteiger partial charge in [-0.05, 0) is 19.3 Å². The van der Waals surface area contributed by atoms with E-state index in [4.69, 9.17) is 5.73 Å². The average Bonchev–Trinajstić information content (AvgIpc) is 2.65. The predicted octanol–water partition coefficient (Wildman–Crippen LogP) is 0.739. The molecule has 6 nitrogen and oxygen atoms in total. The van der Waals surface area contributed by atoms with Gasteiger partial charge in [-0.2, -0.15) is 0 Å². The fraction of sp³-hybridized carbons (Fsp3) is 0.727. The maximum Gasteiger partial charge on any atom is 0.305 e. The zero-order valence-corrected chi connectivity index (χ0v) is 13.3. The minimum absolute atomic E-state index is 0.0382. The van der Waals surface area contributed by atoms with Gasteiger partial charge in [-0.3, -0.25) is 4.79 Å². The molecule has 8 heteroatoms. The van der Waals surface area contributed by atoms with Crippen molar-refractivity contribution in [2.24, 2.45) is 11.7 Å². The molecular weight excluding hydrogens is 286 g/mol. The normalized spacial score (nSPS) is 14.3. The van der Waals surface area contributed by atoms with Crippen LogP contribution in [0.5, 0.6) is 0 Å². The standard InChI is InChI=1S/C11H21N3O3S2/c1-7(2)9(12)5-6-14(4)19(16,17)10-8(3)13-11(15)18-10/h7,9H,5-6,12H2,1-4H3,(H,13,15). The number of hydrogen-bond donors (Lipinski definition) is 2. The molecule has 0 aliphatic heterocycles. The molecule has 110 valence electrons. The van der Waals surface area contributed by atoms with Gasteiger partial charge in [-0.25, -0.2) is 12.7 Å². The minimum Gasteiger partial charge on any atom is -0.327 e. The lowest BCUT2D eigenvalue weighted by Gasteiger charge is -2.20. The van der Waals surface area contributed by atoms with E-state index < -0.39 is 10.0 Å². The summed E-state index contributed by atoms with van der Waals surface area (Å²) in [6.07, 6.45) is 0.589. The van der Waals surface area contributed by atoms with Crippen molar-refractivity contribution in [3.05, 3.63) is 15.4 Å². The molecule has 19 heavy (non-hydrogen) atoms. The number of hydrogen-bond acceptors (Lipinski definition) is 5. The molecule has 0 bridgehead atoms. The van der Waals surface area contributed by atoms with E-state index in [2.05, 4.69) is 4.98 Å². The molecule has 0 spiro atoms. The summed E-state index contributed by atoms with van der Waals surface area (Å²) >= 11 is 0.718. The third-order valence-electron chi connectivity index (χ3n) is 3.06. The first-order valence-corrected chi connectivity index (χ1v) is 8.33. The van der Waals surface area contributed by atoms with Crippen LogP contribution in [-0.2, 0) is 10.0 Å². The van der Waals surface area contributed by atoms with E-state index in [1.54, 1.807) is 6.92 Å². The van der Waals surface area contributed by atoms with Gasteiger partial charge >= 0.3 is 4.87 Å². The highest BCUT2D eigenvalue weighted by Crippen LogP contribution is 2.20. The van der Waals surface area contributed by atoms with E-state index >= 15 is 0 Å². The van der Waals surface area contributed by atoms with Gasteiger partial charge in [-0.15, -0.1) is 0 Å². The number of nitrogens with one attached hydrogen (secondary N) is 1. The summed E-state index contributed by atoms with van der Waals surface area (Å²) in [7, 11) is -2.10. The Labute approximate surface area is 117 Å². The summed E-state index contributed by atoms with van der Waals surface area (Å²) in [6, 6.07) is -0.0382. The molecular formula is C11H21N3O3S2. The Hall–Kier alpha value is -0.700. The van der Waals surface area contributed by atoms with Crippen molar-refractivity contribution in [1.29, 1.82) is 0 Å². The Kier molecular flexibility index (Phi) is 5.31. The fourth-order valence-corrected chi connectivity index (χ4v) is 4.24. The molecule has 0 aromatic carbocycles. The number of nitrogens with zero attached hydrogens (tertiary/aromatic N) is 1. The molecule has 3 N–H and O–H groups in total. The number of aromatic nitrogens is 1. The van der Waals surface area contributed by atoms with Gasteiger partial charge in [0.1, 0.15) is 0 Å². The number of sulfonamides is 1. The first-order chi connectivity index (χ1) is 8.66. The summed E-state index contributed by atoms with van der Waals surface area (Å²) < 4.78 is 25.9. The highest BCUT2D eigenvalue weighted by molar-refractivity contribution is 7.91. The number of thiazole rings is 1. The number of aryl methyl sites for hydroxylation is 1. The maximum atomic E-state index is 12.3.